The smallest absolute Gasteiger partial charge is 0.118 e. The number of hydrogen-bond donors (Lipinski definition) is 1. The third-order valence-electron chi connectivity index (χ3n) is 3.03. The molecule has 0 spiro atoms. The van der Waals surface area contributed by atoms with Crippen LogP contribution < -0.4 is 10.1 Å². The van der Waals surface area contributed by atoms with E-state index in [1.54, 1.807) is 7.11 Å². The Morgan fingerprint density at radius 3 is 2.69 bits per heavy atom. The van der Waals surface area contributed by atoms with E-state index in [4.69, 9.17) is 4.74 Å². The Morgan fingerprint density at radius 1 is 1.38 bits per heavy atom. The van der Waals surface area contributed by atoms with Gasteiger partial charge in [-0.25, -0.2) is 0 Å². The third kappa shape index (κ3) is 2.28. The van der Waals surface area contributed by atoms with E-state index in [1.807, 2.05) is 31.2 Å². The second-order valence-electron chi connectivity index (χ2n) is 3.99. The molecule has 0 amide bonds. The van der Waals surface area contributed by atoms with Crippen LogP contribution >= 0.6 is 0 Å². The zero-order chi connectivity index (χ0) is 11.5. The van der Waals surface area contributed by atoms with Gasteiger partial charge in [0, 0.05) is 29.1 Å². The Hall–Kier alpha value is -0.870. The molecule has 0 aliphatic carbocycles. The van der Waals surface area contributed by atoms with Crippen LogP contribution in [0.3, 0.4) is 0 Å². The van der Waals surface area contributed by atoms with E-state index < -0.39 is 10.8 Å². The first-order valence-corrected chi connectivity index (χ1v) is 6.85. The summed E-state index contributed by atoms with van der Waals surface area (Å²) in [5.74, 6) is 1.61. The van der Waals surface area contributed by atoms with Gasteiger partial charge in [-0.05, 0) is 24.6 Å². The van der Waals surface area contributed by atoms with Gasteiger partial charge >= 0.3 is 0 Å². The lowest BCUT2D eigenvalue weighted by Gasteiger charge is -2.29. The second-order valence-corrected chi connectivity index (χ2v) is 5.91. The number of nitrogens with one attached hydrogen (secondary N) is 1. The highest BCUT2D eigenvalue weighted by Crippen LogP contribution is 2.25. The number of hydrogen-bond acceptors (Lipinski definition) is 3. The van der Waals surface area contributed by atoms with Crippen molar-refractivity contribution in [3.05, 3.63) is 29.8 Å². The standard InChI is InChI=1S/C12H17NO2S/c1-9-12(13-7-8-16(9)14)10-3-5-11(15-2)6-4-10/h3-6,9,12-13H,7-8H2,1-2H3. The molecule has 0 bridgehead atoms. The molecular formula is C12H17NO2S. The molecule has 1 heterocycles. The quantitative estimate of drug-likeness (QED) is 0.849. The van der Waals surface area contributed by atoms with Gasteiger partial charge in [-0.15, -0.1) is 0 Å². The lowest BCUT2D eigenvalue weighted by Crippen LogP contribution is -2.42. The molecule has 1 aliphatic heterocycles. The Morgan fingerprint density at radius 2 is 2.06 bits per heavy atom. The van der Waals surface area contributed by atoms with Crippen LogP contribution in [0.2, 0.25) is 0 Å². The first-order chi connectivity index (χ1) is 7.72. The van der Waals surface area contributed by atoms with Crippen molar-refractivity contribution >= 4 is 10.8 Å². The number of benzene rings is 1. The van der Waals surface area contributed by atoms with Gasteiger partial charge in [-0.2, -0.15) is 0 Å². The molecule has 1 saturated heterocycles. The van der Waals surface area contributed by atoms with Gasteiger partial charge in [0.2, 0.25) is 0 Å². The van der Waals surface area contributed by atoms with Crippen LogP contribution in [0.5, 0.6) is 5.75 Å². The van der Waals surface area contributed by atoms with Gasteiger partial charge in [0.25, 0.3) is 0 Å². The summed E-state index contributed by atoms with van der Waals surface area (Å²) in [6.45, 7) is 2.87. The molecule has 1 fully saturated rings. The molecule has 0 saturated carbocycles. The first kappa shape index (κ1) is 11.6. The van der Waals surface area contributed by atoms with Crippen LogP contribution in [-0.2, 0) is 10.8 Å². The zero-order valence-electron chi connectivity index (χ0n) is 9.60. The minimum atomic E-state index is -0.716. The summed E-state index contributed by atoms with van der Waals surface area (Å²) >= 11 is 0. The third-order valence-corrected chi connectivity index (χ3v) is 4.73. The highest BCUT2D eigenvalue weighted by molar-refractivity contribution is 7.85. The van der Waals surface area contributed by atoms with Crippen molar-refractivity contribution in [2.75, 3.05) is 19.4 Å². The van der Waals surface area contributed by atoms with Crippen molar-refractivity contribution in [2.45, 2.75) is 18.2 Å². The predicted molar refractivity (Wildman–Crippen MR) is 66.2 cm³/mol. The first-order valence-electron chi connectivity index (χ1n) is 5.47. The number of rotatable bonds is 2. The fraction of sp³-hybridized carbons (Fsp3) is 0.500. The van der Waals surface area contributed by atoms with Gasteiger partial charge in [0.1, 0.15) is 5.75 Å². The van der Waals surface area contributed by atoms with Gasteiger partial charge in [0.05, 0.1) is 12.4 Å². The van der Waals surface area contributed by atoms with E-state index in [9.17, 15) is 4.21 Å². The molecule has 3 atom stereocenters. The zero-order valence-corrected chi connectivity index (χ0v) is 10.4. The Labute approximate surface area is 98.7 Å². The molecule has 88 valence electrons. The van der Waals surface area contributed by atoms with Crippen molar-refractivity contribution in [3.8, 4) is 5.75 Å². The lowest BCUT2D eigenvalue weighted by molar-refractivity contribution is 0.414. The van der Waals surface area contributed by atoms with Crippen LogP contribution in [0.1, 0.15) is 18.5 Å². The minimum absolute atomic E-state index is 0.169. The summed E-state index contributed by atoms with van der Waals surface area (Å²) in [5.41, 5.74) is 1.18. The molecule has 0 aromatic heterocycles. The van der Waals surface area contributed by atoms with E-state index in [1.165, 1.54) is 5.56 Å². The van der Waals surface area contributed by atoms with E-state index in [0.717, 1.165) is 18.0 Å². The largest absolute Gasteiger partial charge is 0.497 e. The molecule has 1 aromatic carbocycles. The summed E-state index contributed by atoms with van der Waals surface area (Å²) in [6.07, 6.45) is 0. The highest BCUT2D eigenvalue weighted by atomic mass is 32.2. The molecule has 0 radical (unpaired) electrons. The number of ether oxygens (including phenoxy) is 1. The van der Waals surface area contributed by atoms with Crippen molar-refractivity contribution < 1.29 is 8.95 Å². The van der Waals surface area contributed by atoms with Crippen molar-refractivity contribution in [3.63, 3.8) is 0 Å². The van der Waals surface area contributed by atoms with Gasteiger partial charge in [-0.3, -0.25) is 4.21 Å². The van der Waals surface area contributed by atoms with E-state index in [0.29, 0.717) is 0 Å². The van der Waals surface area contributed by atoms with Crippen molar-refractivity contribution in [1.29, 1.82) is 0 Å². The van der Waals surface area contributed by atoms with Crippen LogP contribution in [-0.4, -0.2) is 28.9 Å². The summed E-state index contributed by atoms with van der Waals surface area (Å²) in [4.78, 5) is 0. The molecule has 4 heteroatoms. The minimum Gasteiger partial charge on any atom is -0.497 e. The van der Waals surface area contributed by atoms with Gasteiger partial charge < -0.3 is 10.1 Å². The van der Waals surface area contributed by atoms with E-state index >= 15 is 0 Å². The Balaban J connectivity index is 2.19. The van der Waals surface area contributed by atoms with Crippen LogP contribution in [0.4, 0.5) is 0 Å². The monoisotopic (exact) mass is 239 g/mol. The van der Waals surface area contributed by atoms with Crippen LogP contribution in [0.15, 0.2) is 24.3 Å². The summed E-state index contributed by atoms with van der Waals surface area (Å²) in [7, 11) is 0.942. The Bertz CT molecular complexity index is 377. The molecule has 1 N–H and O–H groups in total. The highest BCUT2D eigenvalue weighted by Gasteiger charge is 2.27. The normalized spacial score (nSPS) is 30.0. The maximum Gasteiger partial charge on any atom is 0.118 e. The van der Waals surface area contributed by atoms with Crippen LogP contribution in [0, 0.1) is 0 Å². The molecular weight excluding hydrogens is 222 g/mol. The van der Waals surface area contributed by atoms with Crippen LogP contribution in [0.25, 0.3) is 0 Å². The Kier molecular flexibility index (Phi) is 3.61. The predicted octanol–water partition coefficient (Wildman–Crippen LogP) is 1.48. The molecule has 3 nitrogen and oxygen atoms in total. The van der Waals surface area contributed by atoms with Crippen molar-refractivity contribution in [2.24, 2.45) is 0 Å². The molecule has 2 rings (SSSR count). The topological polar surface area (TPSA) is 38.3 Å². The molecule has 16 heavy (non-hydrogen) atoms. The fourth-order valence-corrected chi connectivity index (χ4v) is 3.27. The summed E-state index contributed by atoms with van der Waals surface area (Å²) in [6, 6.07) is 8.16. The second kappa shape index (κ2) is 4.97. The summed E-state index contributed by atoms with van der Waals surface area (Å²) < 4.78 is 16.9. The van der Waals surface area contributed by atoms with Gasteiger partial charge in [0.15, 0.2) is 0 Å². The SMILES string of the molecule is COc1ccc(C2NCCS(=O)C2C)cc1. The number of methoxy groups -OCH3 is 1. The van der Waals surface area contributed by atoms with E-state index in [2.05, 4.69) is 5.32 Å². The molecule has 3 unspecified atom stereocenters. The molecule has 1 aromatic rings. The van der Waals surface area contributed by atoms with Gasteiger partial charge in [-0.1, -0.05) is 12.1 Å². The maximum atomic E-state index is 11.7. The lowest BCUT2D eigenvalue weighted by atomic mass is 10.0. The summed E-state index contributed by atoms with van der Waals surface area (Å²) in [5, 5.41) is 3.59. The van der Waals surface area contributed by atoms with Crippen molar-refractivity contribution in [1.82, 2.24) is 5.32 Å². The average molecular weight is 239 g/mol. The fourth-order valence-electron chi connectivity index (χ4n) is 2.02. The van der Waals surface area contributed by atoms with E-state index in [-0.39, 0.29) is 11.3 Å². The molecule has 1 aliphatic rings. The average Bonchev–Trinajstić information content (AvgIpc) is 2.33. The maximum absolute atomic E-state index is 11.7.